The molecule has 0 amide bonds. The second kappa shape index (κ2) is 7.73. The van der Waals surface area contributed by atoms with Gasteiger partial charge in [-0.05, 0) is 48.8 Å². The summed E-state index contributed by atoms with van der Waals surface area (Å²) in [6.45, 7) is 4.78. The van der Waals surface area contributed by atoms with Gasteiger partial charge < -0.3 is 4.57 Å². The predicted octanol–water partition coefficient (Wildman–Crippen LogP) is 2.41. The smallest absolute Gasteiger partial charge is 0.211 e. The van der Waals surface area contributed by atoms with Gasteiger partial charge in [0.2, 0.25) is 10.0 Å². The number of nitrogens with one attached hydrogen (secondary N) is 1. The van der Waals surface area contributed by atoms with Crippen LogP contribution in [-0.4, -0.2) is 47.8 Å². The third kappa shape index (κ3) is 4.25. The highest BCUT2D eigenvalue weighted by Crippen LogP contribution is 2.37. The van der Waals surface area contributed by atoms with Gasteiger partial charge in [0.25, 0.3) is 0 Å². The zero-order valence-corrected chi connectivity index (χ0v) is 16.6. The molecule has 0 spiro atoms. The normalized spacial score (nSPS) is 25.7. The summed E-state index contributed by atoms with van der Waals surface area (Å²) in [5.41, 5.74) is 2.41. The molecule has 4 rings (SSSR count). The monoisotopic (exact) mass is 388 g/mol. The molecule has 1 N–H and O–H groups in total. The van der Waals surface area contributed by atoms with Gasteiger partial charge >= 0.3 is 0 Å². The van der Waals surface area contributed by atoms with Gasteiger partial charge in [-0.3, -0.25) is 4.90 Å². The lowest BCUT2D eigenvalue weighted by Crippen LogP contribution is -2.52. The fourth-order valence-corrected chi connectivity index (χ4v) is 6.07. The van der Waals surface area contributed by atoms with Crippen LogP contribution in [-0.2, 0) is 16.6 Å². The third-order valence-corrected chi connectivity index (χ3v) is 7.42. The van der Waals surface area contributed by atoms with Crippen molar-refractivity contribution in [3.63, 3.8) is 0 Å². The van der Waals surface area contributed by atoms with Crippen LogP contribution >= 0.6 is 0 Å². The zero-order chi connectivity index (χ0) is 18.9. The molecular formula is C20H28N4O2S. The highest BCUT2D eigenvalue weighted by atomic mass is 32.2. The Labute approximate surface area is 161 Å². The maximum Gasteiger partial charge on any atom is 0.211 e. The van der Waals surface area contributed by atoms with Crippen LogP contribution in [0.3, 0.4) is 0 Å². The van der Waals surface area contributed by atoms with Crippen molar-refractivity contribution in [1.29, 1.82) is 0 Å². The van der Waals surface area contributed by atoms with Crippen LogP contribution in [0.2, 0.25) is 0 Å². The van der Waals surface area contributed by atoms with Crippen LogP contribution in [0.4, 0.5) is 0 Å². The summed E-state index contributed by atoms with van der Waals surface area (Å²) in [7, 11) is -3.14. The van der Waals surface area contributed by atoms with E-state index in [0.29, 0.717) is 18.3 Å². The van der Waals surface area contributed by atoms with E-state index in [1.807, 2.05) is 17.7 Å². The molecule has 2 aromatic rings. The first-order valence-electron chi connectivity index (χ1n) is 9.83. The molecule has 2 heterocycles. The van der Waals surface area contributed by atoms with Gasteiger partial charge in [0, 0.05) is 43.8 Å². The minimum atomic E-state index is -3.14. The number of piperidine rings is 1. The molecule has 1 saturated carbocycles. The number of fused-ring (bicyclic) bond motifs is 2. The van der Waals surface area contributed by atoms with Crippen LogP contribution in [0, 0.1) is 11.8 Å². The Bertz CT molecular complexity index is 835. The lowest BCUT2D eigenvalue weighted by atomic mass is 9.93. The molecule has 7 heteroatoms. The Balaban J connectivity index is 1.37. The SMILES string of the molecule is CCCS(=O)(=O)NC1[C@@H]2CC[C@H]1CN(Cc1ccc(-n3ccnc3)cc1)C2. The van der Waals surface area contributed by atoms with Crippen molar-refractivity contribution in [2.75, 3.05) is 18.8 Å². The zero-order valence-electron chi connectivity index (χ0n) is 15.8. The molecule has 27 heavy (non-hydrogen) atoms. The first-order chi connectivity index (χ1) is 13.0. The standard InChI is InChI=1S/C20H28N4O2S/c1-2-11-27(25,26)22-20-17-5-6-18(20)14-23(13-17)12-16-3-7-19(8-4-16)24-10-9-21-15-24/h3-4,7-10,15,17-18,20,22H,2,5-6,11-14H2,1H3/t17-,18+,20?. The first kappa shape index (κ1) is 18.7. The average molecular weight is 389 g/mol. The number of hydrogen-bond donors (Lipinski definition) is 1. The molecule has 1 aliphatic carbocycles. The highest BCUT2D eigenvalue weighted by Gasteiger charge is 2.43. The van der Waals surface area contributed by atoms with Gasteiger partial charge in [0.05, 0.1) is 12.1 Å². The molecule has 6 nitrogen and oxygen atoms in total. The Morgan fingerprint density at radius 2 is 1.85 bits per heavy atom. The van der Waals surface area contributed by atoms with Crippen LogP contribution in [0.25, 0.3) is 5.69 Å². The van der Waals surface area contributed by atoms with Gasteiger partial charge in [-0.25, -0.2) is 18.1 Å². The largest absolute Gasteiger partial charge is 0.306 e. The fourth-order valence-electron chi connectivity index (χ4n) is 4.62. The van der Waals surface area contributed by atoms with E-state index >= 15 is 0 Å². The van der Waals surface area contributed by atoms with Gasteiger partial charge in [0.1, 0.15) is 0 Å². The molecule has 2 bridgehead atoms. The van der Waals surface area contributed by atoms with E-state index in [-0.39, 0.29) is 11.8 Å². The quantitative estimate of drug-likeness (QED) is 0.791. The van der Waals surface area contributed by atoms with E-state index in [1.54, 1.807) is 12.5 Å². The molecule has 1 aromatic heterocycles. The molecule has 1 unspecified atom stereocenters. The van der Waals surface area contributed by atoms with Crippen molar-refractivity contribution in [2.45, 2.75) is 38.8 Å². The fraction of sp³-hybridized carbons (Fsp3) is 0.550. The molecule has 146 valence electrons. The van der Waals surface area contributed by atoms with E-state index in [1.165, 1.54) is 5.56 Å². The minimum absolute atomic E-state index is 0.126. The Kier molecular flexibility index (Phi) is 5.34. The van der Waals surface area contributed by atoms with Gasteiger partial charge in [-0.1, -0.05) is 19.1 Å². The second-order valence-electron chi connectivity index (χ2n) is 7.89. The molecule has 1 aromatic carbocycles. The topological polar surface area (TPSA) is 67.2 Å². The molecule has 0 radical (unpaired) electrons. The van der Waals surface area contributed by atoms with Crippen molar-refractivity contribution in [1.82, 2.24) is 19.2 Å². The van der Waals surface area contributed by atoms with Crippen molar-refractivity contribution in [3.05, 3.63) is 48.5 Å². The molecule has 1 saturated heterocycles. The maximum atomic E-state index is 12.2. The number of aromatic nitrogens is 2. The first-order valence-corrected chi connectivity index (χ1v) is 11.5. The van der Waals surface area contributed by atoms with Crippen molar-refractivity contribution in [2.24, 2.45) is 11.8 Å². The number of hydrogen-bond acceptors (Lipinski definition) is 4. The van der Waals surface area contributed by atoms with E-state index in [4.69, 9.17) is 0 Å². The van der Waals surface area contributed by atoms with Gasteiger partial charge in [0.15, 0.2) is 0 Å². The summed E-state index contributed by atoms with van der Waals surface area (Å²) in [5.74, 6) is 1.09. The Hall–Kier alpha value is -1.70. The lowest BCUT2D eigenvalue weighted by Gasteiger charge is -2.38. The molecule has 2 fully saturated rings. The summed E-state index contributed by atoms with van der Waals surface area (Å²) >= 11 is 0. The number of nitrogens with zero attached hydrogens (tertiary/aromatic N) is 3. The number of benzene rings is 1. The number of imidazole rings is 1. The van der Waals surface area contributed by atoms with Gasteiger partial charge in [-0.15, -0.1) is 0 Å². The van der Waals surface area contributed by atoms with Crippen molar-refractivity contribution < 1.29 is 8.42 Å². The van der Waals surface area contributed by atoms with E-state index in [2.05, 4.69) is 38.9 Å². The molecule has 1 aliphatic heterocycles. The third-order valence-electron chi connectivity index (χ3n) is 5.84. The van der Waals surface area contributed by atoms with E-state index in [0.717, 1.165) is 38.2 Å². The van der Waals surface area contributed by atoms with Crippen molar-refractivity contribution >= 4 is 10.0 Å². The molecule has 3 atom stereocenters. The van der Waals surface area contributed by atoms with Crippen LogP contribution in [0.15, 0.2) is 43.0 Å². The maximum absolute atomic E-state index is 12.2. The highest BCUT2D eigenvalue weighted by molar-refractivity contribution is 7.89. The van der Waals surface area contributed by atoms with Gasteiger partial charge in [-0.2, -0.15) is 0 Å². The molecule has 2 aliphatic rings. The van der Waals surface area contributed by atoms with Crippen LogP contribution in [0.5, 0.6) is 0 Å². The number of likely N-dealkylation sites (tertiary alicyclic amines) is 1. The summed E-state index contributed by atoms with van der Waals surface area (Å²) in [5, 5.41) is 0. The summed E-state index contributed by atoms with van der Waals surface area (Å²) in [6.07, 6.45) is 8.44. The number of sulfonamides is 1. The number of rotatable bonds is 7. The summed E-state index contributed by atoms with van der Waals surface area (Å²) < 4.78 is 29.4. The van der Waals surface area contributed by atoms with Crippen LogP contribution in [0.1, 0.15) is 31.7 Å². The van der Waals surface area contributed by atoms with E-state index in [9.17, 15) is 8.42 Å². The van der Waals surface area contributed by atoms with Crippen molar-refractivity contribution in [3.8, 4) is 5.69 Å². The second-order valence-corrected chi connectivity index (χ2v) is 9.76. The van der Waals surface area contributed by atoms with Crippen LogP contribution < -0.4 is 4.72 Å². The predicted molar refractivity (Wildman–Crippen MR) is 106 cm³/mol. The average Bonchev–Trinajstić information content (AvgIpc) is 3.23. The summed E-state index contributed by atoms with van der Waals surface area (Å²) in [4.78, 5) is 6.57. The molecular weight excluding hydrogens is 360 g/mol. The minimum Gasteiger partial charge on any atom is -0.306 e. The van der Waals surface area contributed by atoms with E-state index < -0.39 is 10.0 Å². The Morgan fingerprint density at radius 1 is 1.15 bits per heavy atom. The lowest BCUT2D eigenvalue weighted by molar-refractivity contribution is 0.133. The Morgan fingerprint density at radius 3 is 2.44 bits per heavy atom. The summed E-state index contributed by atoms with van der Waals surface area (Å²) in [6, 6.07) is 8.72.